The molecule has 0 radical (unpaired) electrons. The summed E-state index contributed by atoms with van der Waals surface area (Å²) >= 11 is 2.40. The summed E-state index contributed by atoms with van der Waals surface area (Å²) in [6.07, 6.45) is 0. The SMILES string of the molecule is CC1=C(C)C(C)([Si](c2ccccc2)(C(C)(C)C)C(C)(C)C)[C]([Ti+3])=C1C.[Cl-].[Cl-].[Cl-]. The van der Waals surface area contributed by atoms with Crippen LogP contribution in [0.4, 0.5) is 0 Å². The quantitative estimate of drug-likeness (QED) is 0.414. The molecule has 156 valence electrons. The third-order valence-electron chi connectivity index (χ3n) is 6.96. The first-order valence-corrected chi connectivity index (χ1v) is 12.2. The van der Waals surface area contributed by atoms with Gasteiger partial charge in [0.1, 0.15) is 0 Å². The molecule has 1 aliphatic carbocycles. The van der Waals surface area contributed by atoms with Gasteiger partial charge < -0.3 is 37.2 Å². The first-order valence-electron chi connectivity index (χ1n) is 9.41. The predicted octanol–water partition coefficient (Wildman–Crippen LogP) is -2.11. The molecule has 0 bridgehead atoms. The van der Waals surface area contributed by atoms with E-state index >= 15 is 0 Å². The van der Waals surface area contributed by atoms with Crippen molar-refractivity contribution < 1.29 is 57.7 Å². The third-order valence-corrected chi connectivity index (χ3v) is 16.5. The molecule has 1 atom stereocenters. The van der Waals surface area contributed by atoms with Gasteiger partial charge in [-0.3, -0.25) is 0 Å². The molecule has 0 N–H and O–H groups in total. The second kappa shape index (κ2) is 9.75. The molecule has 0 saturated carbocycles. The molecule has 1 unspecified atom stereocenters. The van der Waals surface area contributed by atoms with Crippen molar-refractivity contribution in [2.24, 2.45) is 0 Å². The van der Waals surface area contributed by atoms with Crippen LogP contribution >= 0.6 is 0 Å². The molecule has 0 nitrogen and oxygen atoms in total. The van der Waals surface area contributed by atoms with Crippen LogP contribution in [0.5, 0.6) is 0 Å². The van der Waals surface area contributed by atoms with E-state index in [-0.39, 0.29) is 52.3 Å². The zero-order valence-corrected chi connectivity index (χ0v) is 23.8. The fourth-order valence-corrected chi connectivity index (χ4v) is 17.4. The summed E-state index contributed by atoms with van der Waals surface area (Å²) in [5.74, 6) is 0. The number of allylic oxidation sites excluding steroid dienone is 4. The molecular formula is C23H35Cl3SiTi. The maximum atomic E-state index is 2.56. The summed E-state index contributed by atoms with van der Waals surface area (Å²) in [7, 11) is -2.09. The molecule has 0 heterocycles. The summed E-state index contributed by atoms with van der Waals surface area (Å²) in [6, 6.07) is 11.5. The number of rotatable bonds is 2. The van der Waals surface area contributed by atoms with Gasteiger partial charge in [-0.1, -0.05) is 0 Å². The zero-order valence-electron chi connectivity index (χ0n) is 19.0. The Morgan fingerprint density at radius 1 is 0.750 bits per heavy atom. The molecule has 1 aromatic carbocycles. The molecule has 0 aromatic heterocycles. The Bertz CT molecular complexity index is 699. The Morgan fingerprint density at radius 2 is 1.14 bits per heavy atom. The molecule has 5 heteroatoms. The summed E-state index contributed by atoms with van der Waals surface area (Å²) in [5.41, 5.74) is 4.63. The smallest absolute Gasteiger partial charge is 1.00 e. The fraction of sp³-hybridized carbons (Fsp3) is 0.565. The largest absolute Gasteiger partial charge is 1.00 e. The Kier molecular flexibility index (Phi) is 10.7. The molecule has 28 heavy (non-hydrogen) atoms. The van der Waals surface area contributed by atoms with Crippen LogP contribution in [-0.2, 0) is 20.4 Å². The van der Waals surface area contributed by atoms with Gasteiger partial charge in [-0.25, -0.2) is 0 Å². The maximum absolute atomic E-state index is 2.56. The van der Waals surface area contributed by atoms with Crippen LogP contribution in [0.2, 0.25) is 15.1 Å². The summed E-state index contributed by atoms with van der Waals surface area (Å²) < 4.78 is 1.60. The van der Waals surface area contributed by atoms with Crippen molar-refractivity contribution >= 4 is 13.3 Å². The summed E-state index contributed by atoms with van der Waals surface area (Å²) in [5, 5.41) is 2.20. The van der Waals surface area contributed by atoms with E-state index in [1.807, 2.05) is 0 Å². The Hall–Kier alpha value is 0.501. The first-order chi connectivity index (χ1) is 11.2. The van der Waals surface area contributed by atoms with Crippen molar-refractivity contribution in [2.45, 2.75) is 84.4 Å². The molecule has 0 saturated heterocycles. The van der Waals surface area contributed by atoms with Crippen molar-refractivity contribution in [3.05, 3.63) is 50.9 Å². The van der Waals surface area contributed by atoms with Crippen molar-refractivity contribution in [1.82, 2.24) is 0 Å². The van der Waals surface area contributed by atoms with E-state index < -0.39 is 8.07 Å². The number of halogens is 3. The number of hydrogen-bond acceptors (Lipinski definition) is 0. The average Bonchev–Trinajstić information content (AvgIpc) is 2.63. The van der Waals surface area contributed by atoms with Crippen LogP contribution in [0.25, 0.3) is 0 Å². The zero-order chi connectivity index (χ0) is 19.4. The van der Waals surface area contributed by atoms with Gasteiger partial charge >= 0.3 is 169 Å². The molecule has 0 spiro atoms. The van der Waals surface area contributed by atoms with Gasteiger partial charge in [0.15, 0.2) is 0 Å². The van der Waals surface area contributed by atoms with E-state index in [4.69, 9.17) is 0 Å². The molecule has 0 fully saturated rings. The summed E-state index contributed by atoms with van der Waals surface area (Å²) in [6.45, 7) is 24.6. The van der Waals surface area contributed by atoms with Crippen LogP contribution in [0.3, 0.4) is 0 Å². The second-order valence-corrected chi connectivity index (χ2v) is 16.8. The predicted molar refractivity (Wildman–Crippen MR) is 111 cm³/mol. The number of hydrogen-bond donors (Lipinski definition) is 0. The van der Waals surface area contributed by atoms with E-state index in [9.17, 15) is 0 Å². The number of benzene rings is 1. The minimum Gasteiger partial charge on any atom is -1.00 e. The van der Waals surface area contributed by atoms with Crippen molar-refractivity contribution in [3.63, 3.8) is 0 Å². The standard InChI is InChI=1S/C23H35Si.3ClH.Ti/c1-17-16-23(10,19(3)18(17)2)24(21(4,5)6,22(7,8)9)20-14-12-11-13-15-20;;;;/h11-15H,1-10H3;3*1H;/q;;;;+3/p-3. The molecule has 1 aromatic rings. The topological polar surface area (TPSA) is 0 Å². The molecule has 1 aliphatic rings. The summed E-state index contributed by atoms with van der Waals surface area (Å²) in [4.78, 5) is 0. The second-order valence-electron chi connectivity index (χ2n) is 9.99. The van der Waals surface area contributed by atoms with Crippen molar-refractivity contribution in [3.8, 4) is 0 Å². The molecule has 2 rings (SSSR count). The maximum Gasteiger partial charge on any atom is -1.00 e. The minimum absolute atomic E-state index is 0. The Labute approximate surface area is 205 Å². The minimum atomic E-state index is -2.09. The van der Waals surface area contributed by atoms with E-state index in [0.717, 1.165) is 0 Å². The van der Waals surface area contributed by atoms with Gasteiger partial charge in [-0.2, -0.15) is 0 Å². The normalized spacial score (nSPS) is 20.4. The molecule has 0 amide bonds. The van der Waals surface area contributed by atoms with E-state index in [1.54, 1.807) is 14.6 Å². The Balaban J connectivity index is 0. The van der Waals surface area contributed by atoms with Crippen LogP contribution in [0.15, 0.2) is 50.9 Å². The van der Waals surface area contributed by atoms with Crippen LogP contribution in [0.1, 0.15) is 69.2 Å². The van der Waals surface area contributed by atoms with E-state index in [1.165, 1.54) is 11.1 Å². The van der Waals surface area contributed by atoms with Crippen LogP contribution in [-0.4, -0.2) is 8.07 Å². The monoisotopic (exact) mass is 492 g/mol. The van der Waals surface area contributed by atoms with Crippen LogP contribution in [0, 0.1) is 0 Å². The third kappa shape index (κ3) is 4.02. The molecule has 0 aliphatic heterocycles. The van der Waals surface area contributed by atoms with Gasteiger partial charge in [0, 0.05) is 0 Å². The van der Waals surface area contributed by atoms with Crippen molar-refractivity contribution in [2.75, 3.05) is 0 Å². The fourth-order valence-electron chi connectivity index (χ4n) is 6.34. The first kappa shape index (κ1) is 30.7. The van der Waals surface area contributed by atoms with E-state index in [2.05, 4.69) is 120 Å². The average molecular weight is 494 g/mol. The van der Waals surface area contributed by atoms with E-state index in [0.29, 0.717) is 0 Å². The van der Waals surface area contributed by atoms with Gasteiger partial charge in [-0.05, 0) is 0 Å². The van der Waals surface area contributed by atoms with Gasteiger partial charge in [-0.15, -0.1) is 0 Å². The Morgan fingerprint density at radius 3 is 1.43 bits per heavy atom. The van der Waals surface area contributed by atoms with Gasteiger partial charge in [0.2, 0.25) is 0 Å². The van der Waals surface area contributed by atoms with Crippen LogP contribution < -0.4 is 42.4 Å². The van der Waals surface area contributed by atoms with Gasteiger partial charge in [0.25, 0.3) is 0 Å². The molecular weight excluding hydrogens is 459 g/mol. The van der Waals surface area contributed by atoms with Gasteiger partial charge in [0.05, 0.1) is 0 Å². The van der Waals surface area contributed by atoms with Crippen molar-refractivity contribution in [1.29, 1.82) is 0 Å².